The third kappa shape index (κ3) is 3.42. The van der Waals surface area contributed by atoms with E-state index in [1.54, 1.807) is 4.68 Å². The van der Waals surface area contributed by atoms with E-state index in [1.807, 2.05) is 26.2 Å². The Kier molecular flexibility index (Phi) is 4.84. The molecule has 0 bridgehead atoms. The molecule has 0 saturated heterocycles. The summed E-state index contributed by atoms with van der Waals surface area (Å²) < 4.78 is 29.2. The van der Waals surface area contributed by atoms with Gasteiger partial charge in [0.05, 0.1) is 11.7 Å². The molecular weight excluding hydrogens is 260 g/mol. The van der Waals surface area contributed by atoms with Crippen LogP contribution in [0.2, 0.25) is 0 Å². The number of rotatable bonds is 6. The van der Waals surface area contributed by atoms with Crippen molar-refractivity contribution in [2.75, 3.05) is 6.54 Å². The van der Waals surface area contributed by atoms with Crippen molar-refractivity contribution in [3.8, 4) is 0 Å². The minimum absolute atomic E-state index is 0.103. The average molecular weight is 279 g/mol. The van der Waals surface area contributed by atoms with E-state index in [0.717, 1.165) is 18.7 Å². The standard InChI is InChI=1S/C15H19F2N3/c1-3-8-18-15(14-7-9-20(2)19-14)10-11-12(16)5-4-6-13(11)17/h4-7,9,15,18H,3,8,10H2,1-2H3. The quantitative estimate of drug-likeness (QED) is 0.881. The second kappa shape index (κ2) is 6.61. The van der Waals surface area contributed by atoms with Crippen LogP contribution in [0.3, 0.4) is 0 Å². The molecule has 1 aromatic heterocycles. The summed E-state index contributed by atoms with van der Waals surface area (Å²) in [6.45, 7) is 2.82. The summed E-state index contributed by atoms with van der Waals surface area (Å²) >= 11 is 0. The maximum atomic E-state index is 13.8. The van der Waals surface area contributed by atoms with E-state index in [9.17, 15) is 8.78 Å². The number of hydrogen-bond donors (Lipinski definition) is 1. The Morgan fingerprint density at radius 1 is 1.25 bits per heavy atom. The molecule has 5 heteroatoms. The summed E-state index contributed by atoms with van der Waals surface area (Å²) in [5.74, 6) is -1.02. The van der Waals surface area contributed by atoms with E-state index in [0.29, 0.717) is 0 Å². The van der Waals surface area contributed by atoms with Gasteiger partial charge in [-0.3, -0.25) is 4.68 Å². The van der Waals surface area contributed by atoms with Crippen LogP contribution in [0.5, 0.6) is 0 Å². The predicted molar refractivity (Wildman–Crippen MR) is 74.3 cm³/mol. The van der Waals surface area contributed by atoms with Crippen LogP contribution in [-0.4, -0.2) is 16.3 Å². The van der Waals surface area contributed by atoms with Crippen molar-refractivity contribution in [1.82, 2.24) is 15.1 Å². The Hall–Kier alpha value is -1.75. The first-order valence-corrected chi connectivity index (χ1v) is 6.77. The van der Waals surface area contributed by atoms with Crippen molar-refractivity contribution in [3.63, 3.8) is 0 Å². The van der Waals surface area contributed by atoms with Gasteiger partial charge in [-0.15, -0.1) is 0 Å². The average Bonchev–Trinajstić information content (AvgIpc) is 2.84. The van der Waals surface area contributed by atoms with E-state index < -0.39 is 11.6 Å². The van der Waals surface area contributed by atoms with Crippen molar-refractivity contribution in [1.29, 1.82) is 0 Å². The van der Waals surface area contributed by atoms with E-state index in [2.05, 4.69) is 10.4 Å². The predicted octanol–water partition coefficient (Wildman–Crippen LogP) is 2.98. The van der Waals surface area contributed by atoms with E-state index in [1.165, 1.54) is 18.2 Å². The molecule has 108 valence electrons. The van der Waals surface area contributed by atoms with E-state index in [-0.39, 0.29) is 18.0 Å². The third-order valence-corrected chi connectivity index (χ3v) is 3.20. The minimum Gasteiger partial charge on any atom is -0.308 e. The Balaban J connectivity index is 2.23. The van der Waals surface area contributed by atoms with Gasteiger partial charge in [-0.25, -0.2) is 8.78 Å². The zero-order valence-corrected chi connectivity index (χ0v) is 11.7. The number of nitrogens with one attached hydrogen (secondary N) is 1. The molecule has 1 unspecified atom stereocenters. The normalized spacial score (nSPS) is 12.6. The fraction of sp³-hybridized carbons (Fsp3) is 0.400. The molecule has 1 N–H and O–H groups in total. The van der Waals surface area contributed by atoms with Gasteiger partial charge < -0.3 is 5.32 Å². The lowest BCUT2D eigenvalue weighted by molar-refractivity contribution is 0.479. The first-order valence-electron chi connectivity index (χ1n) is 6.77. The summed E-state index contributed by atoms with van der Waals surface area (Å²) in [6.07, 6.45) is 3.02. The Morgan fingerprint density at radius 3 is 2.50 bits per heavy atom. The SMILES string of the molecule is CCCNC(Cc1c(F)cccc1F)c1ccn(C)n1. The number of aryl methyl sites for hydroxylation is 1. The zero-order chi connectivity index (χ0) is 14.5. The van der Waals surface area contributed by atoms with Crippen LogP contribution in [0.25, 0.3) is 0 Å². The summed E-state index contributed by atoms with van der Waals surface area (Å²) in [6, 6.07) is 5.62. The summed E-state index contributed by atoms with van der Waals surface area (Å²) in [7, 11) is 1.82. The second-order valence-electron chi connectivity index (χ2n) is 4.83. The Labute approximate surface area is 117 Å². The molecule has 0 radical (unpaired) electrons. The van der Waals surface area contributed by atoms with Crippen molar-refractivity contribution >= 4 is 0 Å². The van der Waals surface area contributed by atoms with Crippen LogP contribution < -0.4 is 5.32 Å². The summed E-state index contributed by atoms with van der Waals surface area (Å²) in [5.41, 5.74) is 0.898. The monoisotopic (exact) mass is 279 g/mol. The molecule has 0 spiro atoms. The number of hydrogen-bond acceptors (Lipinski definition) is 2. The lowest BCUT2D eigenvalue weighted by Crippen LogP contribution is -2.25. The van der Waals surface area contributed by atoms with Crippen LogP contribution in [0.1, 0.15) is 30.6 Å². The molecule has 0 saturated carbocycles. The van der Waals surface area contributed by atoms with Gasteiger partial charge in [-0.05, 0) is 37.6 Å². The summed E-state index contributed by atoms with van der Waals surface area (Å²) in [4.78, 5) is 0. The Bertz CT molecular complexity index is 546. The van der Waals surface area contributed by atoms with Crippen molar-refractivity contribution in [2.45, 2.75) is 25.8 Å². The van der Waals surface area contributed by atoms with Gasteiger partial charge in [0.2, 0.25) is 0 Å². The van der Waals surface area contributed by atoms with Gasteiger partial charge in [-0.1, -0.05) is 13.0 Å². The summed E-state index contributed by atoms with van der Waals surface area (Å²) in [5, 5.41) is 7.62. The van der Waals surface area contributed by atoms with Crippen molar-refractivity contribution < 1.29 is 8.78 Å². The second-order valence-corrected chi connectivity index (χ2v) is 4.83. The molecular formula is C15H19F2N3. The molecule has 0 amide bonds. The van der Waals surface area contributed by atoms with Crippen LogP contribution in [0.4, 0.5) is 8.78 Å². The van der Waals surface area contributed by atoms with Gasteiger partial charge in [0, 0.05) is 18.8 Å². The zero-order valence-electron chi connectivity index (χ0n) is 11.7. The van der Waals surface area contributed by atoms with Crippen molar-refractivity contribution in [2.24, 2.45) is 7.05 Å². The fourth-order valence-corrected chi connectivity index (χ4v) is 2.15. The molecule has 1 aromatic carbocycles. The van der Waals surface area contributed by atoms with E-state index in [4.69, 9.17) is 0 Å². The molecule has 2 rings (SSSR count). The van der Waals surface area contributed by atoms with Gasteiger partial charge in [-0.2, -0.15) is 5.10 Å². The third-order valence-electron chi connectivity index (χ3n) is 3.20. The maximum Gasteiger partial charge on any atom is 0.129 e. The van der Waals surface area contributed by atoms with Crippen molar-refractivity contribution in [3.05, 3.63) is 53.4 Å². The molecule has 20 heavy (non-hydrogen) atoms. The molecule has 2 aromatic rings. The highest BCUT2D eigenvalue weighted by atomic mass is 19.1. The highest BCUT2D eigenvalue weighted by molar-refractivity contribution is 5.22. The van der Waals surface area contributed by atoms with Gasteiger partial charge in [0.15, 0.2) is 0 Å². The first-order chi connectivity index (χ1) is 9.61. The largest absolute Gasteiger partial charge is 0.308 e. The molecule has 0 aliphatic rings. The van der Waals surface area contributed by atoms with Crippen LogP contribution in [-0.2, 0) is 13.5 Å². The van der Waals surface area contributed by atoms with Crippen LogP contribution in [0.15, 0.2) is 30.5 Å². The molecule has 0 fully saturated rings. The Morgan fingerprint density at radius 2 is 1.95 bits per heavy atom. The molecule has 3 nitrogen and oxygen atoms in total. The molecule has 1 atom stereocenters. The van der Waals surface area contributed by atoms with Crippen LogP contribution >= 0.6 is 0 Å². The first kappa shape index (κ1) is 14.7. The highest BCUT2D eigenvalue weighted by Gasteiger charge is 2.18. The fourth-order valence-electron chi connectivity index (χ4n) is 2.15. The number of benzene rings is 1. The van der Waals surface area contributed by atoms with Crippen LogP contribution in [0, 0.1) is 11.6 Å². The molecule has 0 aliphatic carbocycles. The smallest absolute Gasteiger partial charge is 0.129 e. The van der Waals surface area contributed by atoms with Gasteiger partial charge in [0.25, 0.3) is 0 Å². The number of aromatic nitrogens is 2. The lowest BCUT2D eigenvalue weighted by atomic mass is 10.0. The molecule has 1 heterocycles. The topological polar surface area (TPSA) is 29.9 Å². The maximum absolute atomic E-state index is 13.8. The number of nitrogens with zero attached hydrogens (tertiary/aromatic N) is 2. The molecule has 0 aliphatic heterocycles. The highest BCUT2D eigenvalue weighted by Crippen LogP contribution is 2.21. The number of halogens is 2. The van der Waals surface area contributed by atoms with Gasteiger partial charge in [0.1, 0.15) is 11.6 Å². The van der Waals surface area contributed by atoms with Gasteiger partial charge >= 0.3 is 0 Å². The minimum atomic E-state index is -0.510. The van der Waals surface area contributed by atoms with E-state index >= 15 is 0 Å². The lowest BCUT2D eigenvalue weighted by Gasteiger charge is -2.17.